The van der Waals surface area contributed by atoms with E-state index in [2.05, 4.69) is 0 Å². The molecular formula is C12H10Na2O. The number of rotatable bonds is 2. The fourth-order valence-electron chi connectivity index (χ4n) is 1.11. The van der Waals surface area contributed by atoms with Gasteiger partial charge in [0.15, 0.2) is 0 Å². The smallest absolute Gasteiger partial charge is 0.127 e. The summed E-state index contributed by atoms with van der Waals surface area (Å²) < 4.78 is 5.58. The molecule has 0 aliphatic carbocycles. The van der Waals surface area contributed by atoms with E-state index >= 15 is 0 Å². The zero-order valence-electron chi connectivity index (χ0n) is 9.18. The molecule has 0 unspecified atom stereocenters. The zero-order valence-corrected chi connectivity index (χ0v) is 13.2. The van der Waals surface area contributed by atoms with Crippen LogP contribution in [0.4, 0.5) is 0 Å². The third-order valence-corrected chi connectivity index (χ3v) is 1.72. The van der Waals surface area contributed by atoms with Crippen molar-refractivity contribution in [1.29, 1.82) is 0 Å². The Hall–Kier alpha value is 0.240. The fourth-order valence-corrected chi connectivity index (χ4v) is 1.11. The molecule has 3 heteroatoms. The van der Waals surface area contributed by atoms with Gasteiger partial charge in [0.1, 0.15) is 11.5 Å². The first-order valence-corrected chi connectivity index (χ1v) is 4.23. The van der Waals surface area contributed by atoms with Gasteiger partial charge >= 0.3 is 0 Å². The standard InChI is InChI=1S/C12H10O.2Na/c1-3-7-11(8-4-1)13-12-9-5-2-6-10-12;;/h1-10H;;. The van der Waals surface area contributed by atoms with E-state index in [1.165, 1.54) is 0 Å². The van der Waals surface area contributed by atoms with Crippen molar-refractivity contribution in [2.75, 3.05) is 0 Å². The van der Waals surface area contributed by atoms with Crippen LogP contribution in [0.25, 0.3) is 0 Å². The SMILES string of the molecule is [Na].[Na].c1ccc(Oc2ccccc2)cc1. The van der Waals surface area contributed by atoms with Crippen LogP contribution in [0, 0.1) is 0 Å². The molecule has 0 saturated heterocycles. The first-order chi connectivity index (χ1) is 6.45. The molecule has 2 rings (SSSR count). The fraction of sp³-hybridized carbons (Fsp3) is 0. The van der Waals surface area contributed by atoms with Gasteiger partial charge in [0, 0.05) is 59.1 Å². The summed E-state index contributed by atoms with van der Waals surface area (Å²) in [4.78, 5) is 0. The average Bonchev–Trinajstić information content (AvgIpc) is 2.21. The van der Waals surface area contributed by atoms with Crippen LogP contribution in [-0.4, -0.2) is 59.1 Å². The van der Waals surface area contributed by atoms with Crippen molar-refractivity contribution in [2.24, 2.45) is 0 Å². The summed E-state index contributed by atoms with van der Waals surface area (Å²) in [6, 6.07) is 19.5. The summed E-state index contributed by atoms with van der Waals surface area (Å²) in [5.41, 5.74) is 0. The number of para-hydroxylation sites is 2. The van der Waals surface area contributed by atoms with Gasteiger partial charge in [-0.2, -0.15) is 0 Å². The van der Waals surface area contributed by atoms with Crippen molar-refractivity contribution in [3.63, 3.8) is 0 Å². The molecule has 0 atom stereocenters. The molecule has 2 aromatic rings. The van der Waals surface area contributed by atoms with Crippen LogP contribution in [0.5, 0.6) is 11.5 Å². The van der Waals surface area contributed by atoms with Crippen molar-refractivity contribution >= 4 is 59.1 Å². The van der Waals surface area contributed by atoms with E-state index in [0.29, 0.717) is 0 Å². The Balaban J connectivity index is 0.000000980. The summed E-state index contributed by atoms with van der Waals surface area (Å²) in [6.45, 7) is 0. The molecule has 0 N–H and O–H groups in total. The average molecular weight is 216 g/mol. The van der Waals surface area contributed by atoms with Crippen molar-refractivity contribution < 1.29 is 4.74 Å². The van der Waals surface area contributed by atoms with Gasteiger partial charge < -0.3 is 4.74 Å². The number of hydrogen-bond donors (Lipinski definition) is 0. The molecule has 1 nitrogen and oxygen atoms in total. The van der Waals surface area contributed by atoms with Crippen LogP contribution < -0.4 is 4.74 Å². The van der Waals surface area contributed by atoms with Gasteiger partial charge in [-0.25, -0.2) is 0 Å². The van der Waals surface area contributed by atoms with Crippen molar-refractivity contribution in [1.82, 2.24) is 0 Å². The summed E-state index contributed by atoms with van der Waals surface area (Å²) in [6.07, 6.45) is 0. The van der Waals surface area contributed by atoms with Crippen LogP contribution in [0.1, 0.15) is 0 Å². The predicted molar refractivity (Wildman–Crippen MR) is 64.5 cm³/mol. The molecule has 15 heavy (non-hydrogen) atoms. The second-order valence-electron chi connectivity index (χ2n) is 2.73. The van der Waals surface area contributed by atoms with E-state index in [1.807, 2.05) is 60.7 Å². The molecule has 0 heterocycles. The van der Waals surface area contributed by atoms with Crippen molar-refractivity contribution in [3.05, 3.63) is 60.7 Å². The Bertz CT molecular complexity index is 324. The molecule has 0 amide bonds. The van der Waals surface area contributed by atoms with Crippen molar-refractivity contribution in [2.45, 2.75) is 0 Å². The molecule has 66 valence electrons. The first kappa shape index (κ1) is 15.2. The Kier molecular flexibility index (Phi) is 8.53. The molecule has 2 radical (unpaired) electrons. The van der Waals surface area contributed by atoms with E-state index in [-0.39, 0.29) is 59.1 Å². The molecule has 0 aliphatic rings. The minimum absolute atomic E-state index is 0. The van der Waals surface area contributed by atoms with Crippen molar-refractivity contribution in [3.8, 4) is 11.5 Å². The van der Waals surface area contributed by atoms with Gasteiger partial charge in [0.2, 0.25) is 0 Å². The Morgan fingerprint density at radius 2 is 0.867 bits per heavy atom. The molecule has 2 aromatic carbocycles. The van der Waals surface area contributed by atoms with Gasteiger partial charge in [-0.15, -0.1) is 0 Å². The summed E-state index contributed by atoms with van der Waals surface area (Å²) in [7, 11) is 0. The minimum atomic E-state index is 0. The summed E-state index contributed by atoms with van der Waals surface area (Å²) in [5.74, 6) is 1.74. The first-order valence-electron chi connectivity index (χ1n) is 4.23. The quantitative estimate of drug-likeness (QED) is 0.701. The van der Waals surface area contributed by atoms with Crippen LogP contribution in [0.3, 0.4) is 0 Å². The molecule has 0 spiro atoms. The molecule has 0 aliphatic heterocycles. The van der Waals surface area contributed by atoms with Crippen LogP contribution in [0.2, 0.25) is 0 Å². The predicted octanol–water partition coefficient (Wildman–Crippen LogP) is 2.72. The zero-order chi connectivity index (χ0) is 8.93. The molecule has 0 aromatic heterocycles. The maximum absolute atomic E-state index is 5.58. The van der Waals surface area contributed by atoms with E-state index in [0.717, 1.165) is 11.5 Å². The van der Waals surface area contributed by atoms with E-state index < -0.39 is 0 Å². The van der Waals surface area contributed by atoms with Crippen LogP contribution in [0.15, 0.2) is 60.7 Å². The third-order valence-electron chi connectivity index (χ3n) is 1.72. The molecular weight excluding hydrogens is 206 g/mol. The van der Waals surface area contributed by atoms with E-state index in [4.69, 9.17) is 4.74 Å². The number of ether oxygens (including phenoxy) is 1. The van der Waals surface area contributed by atoms with Crippen LogP contribution >= 0.6 is 0 Å². The summed E-state index contributed by atoms with van der Waals surface area (Å²) >= 11 is 0. The second-order valence-corrected chi connectivity index (χ2v) is 2.73. The van der Waals surface area contributed by atoms with Gasteiger partial charge in [0.25, 0.3) is 0 Å². The summed E-state index contributed by atoms with van der Waals surface area (Å²) in [5, 5.41) is 0. The maximum Gasteiger partial charge on any atom is 0.127 e. The van der Waals surface area contributed by atoms with Gasteiger partial charge in [0.05, 0.1) is 0 Å². The van der Waals surface area contributed by atoms with E-state index in [1.54, 1.807) is 0 Å². The monoisotopic (exact) mass is 216 g/mol. The maximum atomic E-state index is 5.58. The third kappa shape index (κ3) is 5.21. The van der Waals surface area contributed by atoms with Gasteiger partial charge in [-0.05, 0) is 24.3 Å². The Morgan fingerprint density at radius 3 is 1.20 bits per heavy atom. The molecule has 0 saturated carbocycles. The number of benzene rings is 2. The normalized spacial score (nSPS) is 8.27. The second kappa shape index (κ2) is 8.40. The van der Waals surface area contributed by atoms with Gasteiger partial charge in [-0.1, -0.05) is 36.4 Å². The Morgan fingerprint density at radius 1 is 0.533 bits per heavy atom. The van der Waals surface area contributed by atoms with E-state index in [9.17, 15) is 0 Å². The molecule has 0 bridgehead atoms. The van der Waals surface area contributed by atoms with Crippen LogP contribution in [-0.2, 0) is 0 Å². The number of hydrogen-bond acceptors (Lipinski definition) is 1. The Labute approximate surface area is 134 Å². The topological polar surface area (TPSA) is 9.23 Å². The van der Waals surface area contributed by atoms with Gasteiger partial charge in [-0.3, -0.25) is 0 Å². The molecule has 0 fully saturated rings. The largest absolute Gasteiger partial charge is 0.457 e. The minimum Gasteiger partial charge on any atom is -0.457 e.